The number of nitrogens with one attached hydrogen (secondary N) is 2. The molecule has 0 spiro atoms. The molecule has 4 nitrogen and oxygen atoms in total. The standard InChI is InChI=1S/C11H22N2O2/c1-2-12-11(15)7-8-13-9-5-3-4-6-10(9)14/h9-10,13-14H,2-8H2,1H3,(H,12,15)/t9-,10-/m1/s1. The summed E-state index contributed by atoms with van der Waals surface area (Å²) in [6.07, 6.45) is 4.48. The zero-order valence-electron chi connectivity index (χ0n) is 9.46. The number of aliphatic hydroxyl groups is 1. The summed E-state index contributed by atoms with van der Waals surface area (Å²) in [4.78, 5) is 11.2. The van der Waals surface area contributed by atoms with Gasteiger partial charge in [-0.15, -0.1) is 0 Å². The lowest BCUT2D eigenvalue weighted by Gasteiger charge is -2.28. The molecule has 3 N–H and O–H groups in total. The van der Waals surface area contributed by atoms with Crippen molar-refractivity contribution in [3.8, 4) is 0 Å². The molecule has 1 rings (SSSR count). The molecule has 0 radical (unpaired) electrons. The van der Waals surface area contributed by atoms with Crippen molar-refractivity contribution in [1.82, 2.24) is 10.6 Å². The van der Waals surface area contributed by atoms with Gasteiger partial charge in [0.1, 0.15) is 0 Å². The molecule has 0 unspecified atom stereocenters. The Morgan fingerprint density at radius 3 is 2.80 bits per heavy atom. The van der Waals surface area contributed by atoms with Crippen molar-refractivity contribution in [2.45, 2.75) is 51.2 Å². The molecule has 4 heteroatoms. The minimum atomic E-state index is -0.229. The van der Waals surface area contributed by atoms with Crippen LogP contribution in [-0.4, -0.2) is 36.2 Å². The van der Waals surface area contributed by atoms with Crippen LogP contribution in [0.5, 0.6) is 0 Å². The van der Waals surface area contributed by atoms with Gasteiger partial charge in [-0.1, -0.05) is 12.8 Å². The molecular weight excluding hydrogens is 192 g/mol. The fraction of sp³-hybridized carbons (Fsp3) is 0.909. The van der Waals surface area contributed by atoms with E-state index in [1.54, 1.807) is 0 Å². The second-order valence-corrected chi connectivity index (χ2v) is 4.12. The summed E-state index contributed by atoms with van der Waals surface area (Å²) < 4.78 is 0. The van der Waals surface area contributed by atoms with Crippen molar-refractivity contribution in [3.05, 3.63) is 0 Å². The van der Waals surface area contributed by atoms with Gasteiger partial charge in [0, 0.05) is 25.6 Å². The van der Waals surface area contributed by atoms with Gasteiger partial charge in [-0.3, -0.25) is 4.79 Å². The summed E-state index contributed by atoms with van der Waals surface area (Å²) in [6, 6.07) is 0.188. The van der Waals surface area contributed by atoms with Crippen LogP contribution in [0, 0.1) is 0 Å². The van der Waals surface area contributed by atoms with Gasteiger partial charge in [0.05, 0.1) is 6.10 Å². The monoisotopic (exact) mass is 214 g/mol. The normalized spacial score (nSPS) is 26.3. The lowest BCUT2D eigenvalue weighted by atomic mass is 9.92. The van der Waals surface area contributed by atoms with Crippen molar-refractivity contribution in [2.75, 3.05) is 13.1 Å². The third-order valence-electron chi connectivity index (χ3n) is 2.86. The second-order valence-electron chi connectivity index (χ2n) is 4.12. The van der Waals surface area contributed by atoms with Crippen LogP contribution in [-0.2, 0) is 4.79 Å². The Labute approximate surface area is 91.4 Å². The lowest BCUT2D eigenvalue weighted by Crippen LogP contribution is -2.43. The Bertz CT molecular complexity index is 197. The van der Waals surface area contributed by atoms with Gasteiger partial charge < -0.3 is 15.7 Å². The quantitative estimate of drug-likeness (QED) is 0.621. The number of carbonyl (C=O) groups is 1. The van der Waals surface area contributed by atoms with Gasteiger partial charge in [0.15, 0.2) is 0 Å². The Morgan fingerprint density at radius 2 is 2.13 bits per heavy atom. The second kappa shape index (κ2) is 6.80. The van der Waals surface area contributed by atoms with Crippen LogP contribution in [0.25, 0.3) is 0 Å². The molecule has 88 valence electrons. The Kier molecular flexibility index (Phi) is 5.65. The first-order chi connectivity index (χ1) is 7.24. The van der Waals surface area contributed by atoms with Gasteiger partial charge in [-0.2, -0.15) is 0 Å². The molecule has 1 fully saturated rings. The molecule has 1 saturated carbocycles. The highest BCUT2D eigenvalue weighted by molar-refractivity contribution is 5.75. The molecular formula is C11H22N2O2. The van der Waals surface area contributed by atoms with Crippen molar-refractivity contribution in [3.63, 3.8) is 0 Å². The van der Waals surface area contributed by atoms with Gasteiger partial charge >= 0.3 is 0 Å². The van der Waals surface area contributed by atoms with Gasteiger partial charge in [0.25, 0.3) is 0 Å². The van der Waals surface area contributed by atoms with E-state index in [1.165, 1.54) is 6.42 Å². The minimum Gasteiger partial charge on any atom is -0.392 e. The summed E-state index contributed by atoms with van der Waals surface area (Å²) in [5, 5.41) is 15.7. The van der Waals surface area contributed by atoms with Crippen LogP contribution in [0.4, 0.5) is 0 Å². The minimum absolute atomic E-state index is 0.0790. The summed E-state index contributed by atoms with van der Waals surface area (Å²) in [6.45, 7) is 3.26. The van der Waals surface area contributed by atoms with Crippen LogP contribution < -0.4 is 10.6 Å². The summed E-state index contributed by atoms with van der Waals surface area (Å²) >= 11 is 0. The smallest absolute Gasteiger partial charge is 0.221 e. The maximum atomic E-state index is 11.2. The average Bonchev–Trinajstić information content (AvgIpc) is 2.21. The van der Waals surface area contributed by atoms with E-state index in [9.17, 15) is 9.90 Å². The van der Waals surface area contributed by atoms with Gasteiger partial charge in [-0.05, 0) is 19.8 Å². The molecule has 0 aliphatic heterocycles. The Balaban J connectivity index is 2.10. The summed E-state index contributed by atoms with van der Waals surface area (Å²) in [5.41, 5.74) is 0. The molecule has 0 aromatic carbocycles. The fourth-order valence-electron chi connectivity index (χ4n) is 2.01. The van der Waals surface area contributed by atoms with E-state index < -0.39 is 0 Å². The van der Waals surface area contributed by atoms with E-state index in [1.807, 2.05) is 6.92 Å². The SMILES string of the molecule is CCNC(=O)CCN[C@@H]1CCCC[C@H]1O. The molecule has 0 saturated heterocycles. The largest absolute Gasteiger partial charge is 0.392 e. The first-order valence-corrected chi connectivity index (χ1v) is 5.92. The van der Waals surface area contributed by atoms with Crippen LogP contribution in [0.3, 0.4) is 0 Å². The fourth-order valence-corrected chi connectivity index (χ4v) is 2.01. The maximum Gasteiger partial charge on any atom is 0.221 e. The maximum absolute atomic E-state index is 11.2. The number of amides is 1. The van der Waals surface area contributed by atoms with E-state index in [-0.39, 0.29) is 18.1 Å². The summed E-state index contributed by atoms with van der Waals surface area (Å²) in [7, 11) is 0. The predicted molar refractivity (Wildman–Crippen MR) is 59.6 cm³/mol. The molecule has 0 aromatic rings. The average molecular weight is 214 g/mol. The Hall–Kier alpha value is -0.610. The highest BCUT2D eigenvalue weighted by Crippen LogP contribution is 2.17. The van der Waals surface area contributed by atoms with Crippen LogP contribution in [0.1, 0.15) is 39.0 Å². The Morgan fingerprint density at radius 1 is 1.40 bits per heavy atom. The molecule has 15 heavy (non-hydrogen) atoms. The van der Waals surface area contributed by atoms with Gasteiger partial charge in [0.2, 0.25) is 5.91 Å². The topological polar surface area (TPSA) is 61.4 Å². The first kappa shape index (κ1) is 12.5. The molecule has 0 heterocycles. The third-order valence-corrected chi connectivity index (χ3v) is 2.86. The van der Waals surface area contributed by atoms with E-state index in [2.05, 4.69) is 10.6 Å². The molecule has 2 atom stereocenters. The predicted octanol–water partition coefficient (Wildman–Crippen LogP) is 0.406. The summed E-state index contributed by atoms with van der Waals surface area (Å²) in [5.74, 6) is 0.0790. The van der Waals surface area contributed by atoms with Crippen LogP contribution in [0.2, 0.25) is 0 Å². The molecule has 1 amide bonds. The van der Waals surface area contributed by atoms with E-state index in [0.29, 0.717) is 19.5 Å². The van der Waals surface area contributed by atoms with E-state index in [4.69, 9.17) is 0 Å². The number of carbonyl (C=O) groups excluding carboxylic acids is 1. The molecule has 0 aromatic heterocycles. The van der Waals surface area contributed by atoms with Crippen molar-refractivity contribution in [1.29, 1.82) is 0 Å². The molecule has 1 aliphatic carbocycles. The number of aliphatic hydroxyl groups excluding tert-OH is 1. The number of hydrogen-bond acceptors (Lipinski definition) is 3. The molecule has 1 aliphatic rings. The third kappa shape index (κ3) is 4.62. The zero-order valence-corrected chi connectivity index (χ0v) is 9.46. The molecule has 0 bridgehead atoms. The number of hydrogen-bond donors (Lipinski definition) is 3. The van der Waals surface area contributed by atoms with E-state index in [0.717, 1.165) is 19.3 Å². The van der Waals surface area contributed by atoms with E-state index >= 15 is 0 Å². The van der Waals surface area contributed by atoms with Crippen LogP contribution in [0.15, 0.2) is 0 Å². The first-order valence-electron chi connectivity index (χ1n) is 5.92. The van der Waals surface area contributed by atoms with Crippen molar-refractivity contribution in [2.24, 2.45) is 0 Å². The van der Waals surface area contributed by atoms with Crippen LogP contribution >= 0.6 is 0 Å². The highest BCUT2D eigenvalue weighted by Gasteiger charge is 2.21. The lowest BCUT2D eigenvalue weighted by molar-refractivity contribution is -0.120. The van der Waals surface area contributed by atoms with Crippen molar-refractivity contribution >= 4 is 5.91 Å². The zero-order chi connectivity index (χ0) is 11.1. The van der Waals surface area contributed by atoms with Gasteiger partial charge in [-0.25, -0.2) is 0 Å². The highest BCUT2D eigenvalue weighted by atomic mass is 16.3. The van der Waals surface area contributed by atoms with Crippen molar-refractivity contribution < 1.29 is 9.90 Å². The number of rotatable bonds is 5.